The van der Waals surface area contributed by atoms with Crippen molar-refractivity contribution >= 4 is 19.8 Å². The molecular formula is C67H112NO8P. The smallest absolute Gasteiger partial charge is 0.462 e. The summed E-state index contributed by atoms with van der Waals surface area (Å²) in [7, 11) is -4.40. The van der Waals surface area contributed by atoms with E-state index in [1.807, 2.05) is 0 Å². The lowest BCUT2D eigenvalue weighted by Gasteiger charge is -2.19. The molecule has 0 saturated carbocycles. The highest BCUT2D eigenvalue weighted by Gasteiger charge is 2.26. The number of hydrogen-bond donors (Lipinski definition) is 2. The van der Waals surface area contributed by atoms with Gasteiger partial charge in [0.2, 0.25) is 0 Å². The van der Waals surface area contributed by atoms with E-state index >= 15 is 0 Å². The Morgan fingerprint density at radius 2 is 0.675 bits per heavy atom. The summed E-state index contributed by atoms with van der Waals surface area (Å²) in [6.07, 6.45) is 86.7. The first-order valence-electron chi connectivity index (χ1n) is 30.7. The van der Waals surface area contributed by atoms with E-state index in [1.54, 1.807) is 0 Å². The predicted molar refractivity (Wildman–Crippen MR) is 330 cm³/mol. The molecule has 0 amide bonds. The van der Waals surface area contributed by atoms with Gasteiger partial charge in [0, 0.05) is 19.4 Å². The Balaban J connectivity index is 3.88. The second kappa shape index (κ2) is 61.4. The summed E-state index contributed by atoms with van der Waals surface area (Å²) in [5.41, 5.74) is 5.38. The molecule has 0 fully saturated rings. The monoisotopic (exact) mass is 1090 g/mol. The number of phosphoric acid groups is 1. The van der Waals surface area contributed by atoms with Crippen molar-refractivity contribution in [2.24, 2.45) is 5.73 Å². The van der Waals surface area contributed by atoms with Gasteiger partial charge in [-0.3, -0.25) is 18.6 Å². The van der Waals surface area contributed by atoms with Gasteiger partial charge in [0.05, 0.1) is 13.2 Å². The second-order valence-electron chi connectivity index (χ2n) is 19.8. The van der Waals surface area contributed by atoms with Crippen molar-refractivity contribution in [2.75, 3.05) is 26.4 Å². The van der Waals surface area contributed by atoms with Gasteiger partial charge in [-0.25, -0.2) is 4.57 Å². The highest BCUT2D eigenvalue weighted by Crippen LogP contribution is 2.43. The maximum atomic E-state index is 12.7. The number of hydrogen-bond acceptors (Lipinski definition) is 8. The fourth-order valence-corrected chi connectivity index (χ4v) is 8.84. The van der Waals surface area contributed by atoms with E-state index in [0.717, 1.165) is 122 Å². The van der Waals surface area contributed by atoms with Crippen LogP contribution in [0.1, 0.15) is 245 Å². The molecule has 9 nitrogen and oxygen atoms in total. The van der Waals surface area contributed by atoms with E-state index in [4.69, 9.17) is 24.3 Å². The third-order valence-corrected chi connectivity index (χ3v) is 13.5. The zero-order valence-electron chi connectivity index (χ0n) is 48.9. The average Bonchev–Trinajstić information content (AvgIpc) is 3.42. The summed E-state index contributed by atoms with van der Waals surface area (Å²) in [6, 6.07) is 0. The van der Waals surface area contributed by atoms with Crippen LogP contribution < -0.4 is 5.73 Å². The normalized spacial score (nSPS) is 14.0. The lowest BCUT2D eigenvalue weighted by molar-refractivity contribution is -0.161. The molecule has 0 radical (unpaired) electrons. The maximum Gasteiger partial charge on any atom is 0.472 e. The van der Waals surface area contributed by atoms with Crippen LogP contribution in [0.25, 0.3) is 0 Å². The van der Waals surface area contributed by atoms with Crippen LogP contribution in [0.3, 0.4) is 0 Å². The van der Waals surface area contributed by atoms with Gasteiger partial charge in [-0.2, -0.15) is 0 Å². The highest BCUT2D eigenvalue weighted by atomic mass is 31.2. The Kier molecular flexibility index (Phi) is 58.3. The number of rotatable bonds is 56. The summed E-state index contributed by atoms with van der Waals surface area (Å²) in [5.74, 6) is -0.851. The topological polar surface area (TPSA) is 134 Å². The largest absolute Gasteiger partial charge is 0.472 e. The van der Waals surface area contributed by atoms with Crippen LogP contribution in [0.4, 0.5) is 0 Å². The molecule has 0 rings (SSSR count). The molecule has 0 spiro atoms. The van der Waals surface area contributed by atoms with Crippen molar-refractivity contribution in [3.8, 4) is 0 Å². The Hall–Kier alpha value is -3.85. The highest BCUT2D eigenvalue weighted by molar-refractivity contribution is 7.47. The number of allylic oxidation sites excluding steroid dienone is 22. The van der Waals surface area contributed by atoms with Crippen LogP contribution in [0.2, 0.25) is 0 Å². The maximum absolute atomic E-state index is 12.7. The molecule has 0 aromatic carbocycles. The molecule has 0 aliphatic rings. The van der Waals surface area contributed by atoms with Crippen LogP contribution in [-0.4, -0.2) is 49.3 Å². The molecule has 0 bridgehead atoms. The average molecular weight is 1090 g/mol. The Bertz CT molecular complexity index is 1720. The summed E-state index contributed by atoms with van der Waals surface area (Å²) < 4.78 is 33.0. The van der Waals surface area contributed by atoms with E-state index in [2.05, 4.69) is 148 Å². The van der Waals surface area contributed by atoms with Gasteiger partial charge in [-0.05, 0) is 109 Å². The van der Waals surface area contributed by atoms with Crippen LogP contribution in [0, 0.1) is 0 Å². The quantitative estimate of drug-likeness (QED) is 0.0264. The predicted octanol–water partition coefficient (Wildman–Crippen LogP) is 19.7. The molecule has 77 heavy (non-hydrogen) atoms. The number of esters is 2. The molecule has 2 atom stereocenters. The van der Waals surface area contributed by atoms with E-state index in [-0.39, 0.29) is 32.6 Å². The first-order valence-corrected chi connectivity index (χ1v) is 32.2. The van der Waals surface area contributed by atoms with Gasteiger partial charge in [0.25, 0.3) is 0 Å². The van der Waals surface area contributed by atoms with Gasteiger partial charge in [0.15, 0.2) is 6.10 Å². The second-order valence-corrected chi connectivity index (χ2v) is 21.3. The summed E-state index contributed by atoms with van der Waals surface area (Å²) in [4.78, 5) is 35.1. The molecule has 10 heteroatoms. The van der Waals surface area contributed by atoms with Gasteiger partial charge in [0.1, 0.15) is 6.61 Å². The van der Waals surface area contributed by atoms with Crippen LogP contribution in [-0.2, 0) is 32.7 Å². The fraction of sp³-hybridized carbons (Fsp3) is 0.642. The Morgan fingerprint density at radius 1 is 0.390 bits per heavy atom. The SMILES string of the molecule is CC/C=C\C/C=C\C/C=C\C/C=C\C/C=C\C/C=C\C/C=C\C/C=C\CCCCCCCCCCCCCCCCCCC(=O)OC(COC(=O)CCCCCCC/C=C\C/C=C\C/C=C\CC)COP(=O)(O)OCCN. The number of carbonyl (C=O) groups is 2. The minimum Gasteiger partial charge on any atom is -0.462 e. The molecule has 0 saturated heterocycles. The first-order chi connectivity index (χ1) is 37.8. The fourth-order valence-electron chi connectivity index (χ4n) is 8.08. The van der Waals surface area contributed by atoms with E-state index in [1.165, 1.54) is 83.5 Å². The van der Waals surface area contributed by atoms with E-state index < -0.39 is 32.5 Å². The molecule has 3 N–H and O–H groups in total. The van der Waals surface area contributed by atoms with Gasteiger partial charge in [-0.15, -0.1) is 0 Å². The minimum atomic E-state index is -4.40. The van der Waals surface area contributed by atoms with Gasteiger partial charge >= 0.3 is 19.8 Å². The molecular weight excluding hydrogens is 978 g/mol. The van der Waals surface area contributed by atoms with Gasteiger partial charge in [-0.1, -0.05) is 257 Å². The molecule has 0 heterocycles. The zero-order chi connectivity index (χ0) is 55.9. The lowest BCUT2D eigenvalue weighted by atomic mass is 10.0. The standard InChI is InChI=1S/C67H112NO8P/c1-3-5-7-9-11-13-15-17-19-20-21-22-23-24-25-26-27-28-29-30-31-32-33-34-35-36-37-38-39-40-41-42-43-44-46-48-50-52-54-56-58-60-67(70)76-65(64-75-77(71,72)74-62-61-68)63-73-66(69)59-57-55-53-51-49-47-45-18-16-14-12-10-8-6-4-2/h5-8,11-14,17-19,21-22,24-25,27-28,30-31,33-34,45,65H,3-4,9-10,15-16,20,23,26,29,32,35-44,46-64,68H2,1-2H3,(H,71,72)/b7-5-,8-6-,13-11-,14-12-,19-17-,22-21-,25-24-,28-27-,31-30-,34-33-,45-18-. The number of ether oxygens (including phenoxy) is 2. The zero-order valence-corrected chi connectivity index (χ0v) is 49.8. The molecule has 0 aromatic heterocycles. The van der Waals surface area contributed by atoms with Crippen LogP contribution >= 0.6 is 7.82 Å². The Morgan fingerprint density at radius 3 is 1.00 bits per heavy atom. The van der Waals surface area contributed by atoms with E-state index in [0.29, 0.717) is 12.8 Å². The summed E-state index contributed by atoms with van der Waals surface area (Å²) in [6.45, 7) is 3.49. The Labute approximate surface area is 472 Å². The molecule has 0 aliphatic carbocycles. The number of unbranched alkanes of at least 4 members (excludes halogenated alkanes) is 21. The van der Waals surface area contributed by atoms with Crippen molar-refractivity contribution in [2.45, 2.75) is 251 Å². The van der Waals surface area contributed by atoms with Crippen molar-refractivity contribution in [3.05, 3.63) is 134 Å². The third-order valence-electron chi connectivity index (χ3n) is 12.5. The molecule has 2 unspecified atom stereocenters. The summed E-state index contributed by atoms with van der Waals surface area (Å²) >= 11 is 0. The number of carbonyl (C=O) groups excluding carboxylic acids is 2. The van der Waals surface area contributed by atoms with Gasteiger partial charge < -0.3 is 20.1 Å². The van der Waals surface area contributed by atoms with Crippen molar-refractivity contribution < 1.29 is 37.6 Å². The lowest BCUT2D eigenvalue weighted by Crippen LogP contribution is -2.29. The molecule has 0 aliphatic heterocycles. The minimum absolute atomic E-state index is 0.0460. The van der Waals surface area contributed by atoms with E-state index in [9.17, 15) is 19.0 Å². The first kappa shape index (κ1) is 73.2. The molecule has 438 valence electrons. The van der Waals surface area contributed by atoms with Crippen LogP contribution in [0.5, 0.6) is 0 Å². The third kappa shape index (κ3) is 61.2. The van der Waals surface area contributed by atoms with Crippen molar-refractivity contribution in [1.82, 2.24) is 0 Å². The summed E-state index contributed by atoms with van der Waals surface area (Å²) in [5, 5.41) is 0. The van der Waals surface area contributed by atoms with Crippen molar-refractivity contribution in [1.29, 1.82) is 0 Å². The molecule has 0 aromatic rings. The van der Waals surface area contributed by atoms with Crippen molar-refractivity contribution in [3.63, 3.8) is 0 Å². The number of nitrogens with two attached hydrogens (primary N) is 1. The number of phosphoric ester groups is 1. The van der Waals surface area contributed by atoms with Crippen LogP contribution in [0.15, 0.2) is 134 Å².